The van der Waals surface area contributed by atoms with Crippen LogP contribution in [0.5, 0.6) is 0 Å². The Balaban J connectivity index is 2.93. The van der Waals surface area contributed by atoms with Crippen LogP contribution in [0, 0.1) is 18.2 Å². The third-order valence-corrected chi connectivity index (χ3v) is 1.97. The highest BCUT2D eigenvalue weighted by molar-refractivity contribution is 6.06. The maximum Gasteiger partial charge on any atom is 0.313 e. The Morgan fingerprint density at radius 3 is 2.69 bits per heavy atom. The van der Waals surface area contributed by atoms with Gasteiger partial charge in [-0.05, 0) is 18.2 Å². The number of rotatable bonds is 3. The zero-order valence-corrected chi connectivity index (χ0v) is 8.62. The zero-order valence-electron chi connectivity index (χ0n) is 8.62. The minimum atomic E-state index is -0.732. The van der Waals surface area contributed by atoms with E-state index in [9.17, 15) is 14.0 Å². The van der Waals surface area contributed by atoms with Crippen molar-refractivity contribution in [1.29, 1.82) is 0 Å². The summed E-state index contributed by atoms with van der Waals surface area (Å²) < 4.78 is 17.7. The fourth-order valence-electron chi connectivity index (χ4n) is 1.13. The first-order valence-corrected chi connectivity index (χ1v) is 4.44. The Morgan fingerprint density at radius 1 is 1.50 bits per heavy atom. The maximum absolute atomic E-state index is 13.4. The number of ether oxygens (including phenoxy) is 1. The predicted octanol–water partition coefficient (Wildman–Crippen LogP) is 1.55. The second-order valence-electron chi connectivity index (χ2n) is 3.02. The quantitative estimate of drug-likeness (QED) is 0.336. The molecule has 3 nitrogen and oxygen atoms in total. The summed E-state index contributed by atoms with van der Waals surface area (Å²) in [6, 6.07) is 3.77. The predicted molar refractivity (Wildman–Crippen MR) is 55.3 cm³/mol. The van der Waals surface area contributed by atoms with Crippen molar-refractivity contribution in [3.05, 3.63) is 35.1 Å². The Kier molecular flexibility index (Phi) is 3.78. The van der Waals surface area contributed by atoms with E-state index in [0.29, 0.717) is 5.56 Å². The molecular weight excluding hydrogens is 211 g/mol. The summed E-state index contributed by atoms with van der Waals surface area (Å²) >= 11 is 0. The van der Waals surface area contributed by atoms with E-state index in [0.717, 1.165) is 13.2 Å². The molecule has 0 aliphatic heterocycles. The van der Waals surface area contributed by atoms with E-state index < -0.39 is 24.0 Å². The van der Waals surface area contributed by atoms with Crippen LogP contribution in [0.2, 0.25) is 0 Å². The first-order chi connectivity index (χ1) is 7.58. The standard InChI is InChI=1S/C12H9FO3/c1-3-8-4-5-9(10(13)6-8)11(14)7-12(15)16-2/h1,4-6H,7H2,2H3. The summed E-state index contributed by atoms with van der Waals surface area (Å²) in [5, 5.41) is 0. The topological polar surface area (TPSA) is 43.4 Å². The van der Waals surface area contributed by atoms with Crippen LogP contribution in [0.25, 0.3) is 0 Å². The molecule has 1 aromatic carbocycles. The number of esters is 1. The highest BCUT2D eigenvalue weighted by atomic mass is 19.1. The Morgan fingerprint density at radius 2 is 2.19 bits per heavy atom. The van der Waals surface area contributed by atoms with Crippen molar-refractivity contribution >= 4 is 11.8 Å². The van der Waals surface area contributed by atoms with Gasteiger partial charge in [-0.1, -0.05) is 5.92 Å². The molecular formula is C12H9FO3. The largest absolute Gasteiger partial charge is 0.469 e. The molecule has 0 aliphatic rings. The number of terminal acetylenes is 1. The molecule has 4 heteroatoms. The van der Waals surface area contributed by atoms with E-state index in [4.69, 9.17) is 6.42 Å². The lowest BCUT2D eigenvalue weighted by Crippen LogP contribution is -2.11. The van der Waals surface area contributed by atoms with Gasteiger partial charge in [0.15, 0.2) is 5.78 Å². The number of methoxy groups -OCH3 is 1. The number of benzene rings is 1. The first-order valence-electron chi connectivity index (χ1n) is 4.44. The van der Waals surface area contributed by atoms with Crippen molar-refractivity contribution in [1.82, 2.24) is 0 Å². The van der Waals surface area contributed by atoms with Gasteiger partial charge < -0.3 is 4.74 Å². The van der Waals surface area contributed by atoms with Crippen molar-refractivity contribution in [3.8, 4) is 12.3 Å². The second-order valence-corrected chi connectivity index (χ2v) is 3.02. The molecule has 0 fully saturated rings. The van der Waals surface area contributed by atoms with E-state index in [-0.39, 0.29) is 5.56 Å². The van der Waals surface area contributed by atoms with Crippen LogP contribution in [0.4, 0.5) is 4.39 Å². The molecule has 0 radical (unpaired) electrons. The third-order valence-electron chi connectivity index (χ3n) is 1.97. The summed E-state index contributed by atoms with van der Waals surface area (Å²) in [7, 11) is 1.16. The van der Waals surface area contributed by atoms with E-state index in [1.165, 1.54) is 12.1 Å². The van der Waals surface area contributed by atoms with Crippen molar-refractivity contribution in [3.63, 3.8) is 0 Å². The number of halogens is 1. The number of ketones is 1. The summed E-state index contributed by atoms with van der Waals surface area (Å²) in [4.78, 5) is 22.3. The molecule has 82 valence electrons. The highest BCUT2D eigenvalue weighted by Crippen LogP contribution is 2.12. The molecule has 0 N–H and O–H groups in total. The van der Waals surface area contributed by atoms with Crippen molar-refractivity contribution in [2.75, 3.05) is 7.11 Å². The molecule has 0 atom stereocenters. The summed E-state index contributed by atoms with van der Waals surface area (Å²) in [5.41, 5.74) is 0.177. The lowest BCUT2D eigenvalue weighted by molar-refractivity contribution is -0.139. The zero-order chi connectivity index (χ0) is 12.1. The van der Waals surface area contributed by atoms with E-state index in [1.807, 2.05) is 0 Å². The summed E-state index contributed by atoms with van der Waals surface area (Å²) in [6.45, 7) is 0. The van der Waals surface area contributed by atoms with Crippen LogP contribution in [-0.4, -0.2) is 18.9 Å². The Labute approximate surface area is 92.2 Å². The van der Waals surface area contributed by atoms with Gasteiger partial charge in [0.1, 0.15) is 12.2 Å². The van der Waals surface area contributed by atoms with Gasteiger partial charge in [-0.25, -0.2) is 4.39 Å². The normalized spacial score (nSPS) is 9.31. The molecule has 1 rings (SSSR count). The highest BCUT2D eigenvalue weighted by Gasteiger charge is 2.15. The monoisotopic (exact) mass is 220 g/mol. The smallest absolute Gasteiger partial charge is 0.313 e. The van der Waals surface area contributed by atoms with Crippen molar-refractivity contribution in [2.45, 2.75) is 6.42 Å². The molecule has 0 unspecified atom stereocenters. The molecule has 0 saturated heterocycles. The first kappa shape index (κ1) is 11.9. The van der Waals surface area contributed by atoms with Crippen LogP contribution in [0.1, 0.15) is 22.3 Å². The van der Waals surface area contributed by atoms with Gasteiger partial charge in [0.05, 0.1) is 12.7 Å². The van der Waals surface area contributed by atoms with Gasteiger partial charge >= 0.3 is 5.97 Å². The van der Waals surface area contributed by atoms with E-state index >= 15 is 0 Å². The number of Topliss-reactive ketones (excluding diaryl/α,β-unsaturated/α-hetero) is 1. The second kappa shape index (κ2) is 5.08. The lowest BCUT2D eigenvalue weighted by Gasteiger charge is -2.02. The third kappa shape index (κ3) is 2.67. The number of carbonyl (C=O) groups excluding carboxylic acids is 2. The van der Waals surface area contributed by atoms with Crippen molar-refractivity contribution in [2.24, 2.45) is 0 Å². The van der Waals surface area contributed by atoms with Crippen LogP contribution in [-0.2, 0) is 9.53 Å². The molecule has 0 bridgehead atoms. The minimum Gasteiger partial charge on any atom is -0.469 e. The van der Waals surface area contributed by atoms with E-state index in [2.05, 4.69) is 10.7 Å². The molecule has 0 amide bonds. The van der Waals surface area contributed by atoms with Gasteiger partial charge in [-0.2, -0.15) is 0 Å². The minimum absolute atomic E-state index is 0.163. The molecule has 0 spiro atoms. The van der Waals surface area contributed by atoms with Gasteiger partial charge in [-0.15, -0.1) is 6.42 Å². The molecule has 1 aromatic rings. The van der Waals surface area contributed by atoms with E-state index in [1.54, 1.807) is 0 Å². The molecule has 0 aliphatic carbocycles. The fourth-order valence-corrected chi connectivity index (χ4v) is 1.13. The summed E-state index contributed by atoms with van der Waals surface area (Å²) in [6.07, 6.45) is 4.59. The van der Waals surface area contributed by atoms with Crippen LogP contribution in [0.15, 0.2) is 18.2 Å². The van der Waals surface area contributed by atoms with Gasteiger partial charge in [0.25, 0.3) is 0 Å². The van der Waals surface area contributed by atoms with Crippen LogP contribution < -0.4 is 0 Å². The Bertz CT molecular complexity index is 472. The SMILES string of the molecule is C#Cc1ccc(C(=O)CC(=O)OC)c(F)c1. The van der Waals surface area contributed by atoms with Crippen molar-refractivity contribution < 1.29 is 18.7 Å². The molecule has 0 saturated carbocycles. The van der Waals surface area contributed by atoms with Gasteiger partial charge in [-0.3, -0.25) is 9.59 Å². The number of hydrogen-bond donors (Lipinski definition) is 0. The summed E-state index contributed by atoms with van der Waals surface area (Å²) in [5.74, 6) is 0.176. The number of hydrogen-bond acceptors (Lipinski definition) is 3. The molecule has 0 heterocycles. The molecule has 16 heavy (non-hydrogen) atoms. The lowest BCUT2D eigenvalue weighted by atomic mass is 10.1. The molecule has 0 aromatic heterocycles. The van der Waals surface area contributed by atoms with Gasteiger partial charge in [0.2, 0.25) is 0 Å². The Hall–Kier alpha value is -2.15. The van der Waals surface area contributed by atoms with Crippen LogP contribution in [0.3, 0.4) is 0 Å². The maximum atomic E-state index is 13.4. The average molecular weight is 220 g/mol. The van der Waals surface area contributed by atoms with Gasteiger partial charge in [0, 0.05) is 5.56 Å². The number of carbonyl (C=O) groups is 2. The average Bonchev–Trinajstić information content (AvgIpc) is 2.28. The van der Waals surface area contributed by atoms with Crippen LogP contribution >= 0.6 is 0 Å². The fraction of sp³-hybridized carbons (Fsp3) is 0.167.